The van der Waals surface area contributed by atoms with Crippen LogP contribution < -0.4 is 4.72 Å². The lowest BCUT2D eigenvalue weighted by atomic mass is 10.2. The molecule has 70 valence electrons. The zero-order chi connectivity index (χ0) is 9.61. The molecule has 0 rings (SSSR count). The van der Waals surface area contributed by atoms with Crippen molar-refractivity contribution in [3.8, 4) is 6.07 Å². The molecule has 0 bridgehead atoms. The first-order chi connectivity index (χ1) is 5.55. The highest BCUT2D eigenvalue weighted by Crippen LogP contribution is 2.00. The van der Waals surface area contributed by atoms with Crippen LogP contribution in [0.1, 0.15) is 19.8 Å². The van der Waals surface area contributed by atoms with E-state index < -0.39 is 10.0 Å². The second-order valence-corrected chi connectivity index (χ2v) is 5.37. The van der Waals surface area contributed by atoms with Gasteiger partial charge in [0, 0.05) is 6.04 Å². The van der Waals surface area contributed by atoms with Crippen molar-refractivity contribution in [2.24, 2.45) is 0 Å². The van der Waals surface area contributed by atoms with Crippen LogP contribution in [0.15, 0.2) is 0 Å². The number of alkyl halides is 1. The van der Waals surface area contributed by atoms with Crippen molar-refractivity contribution in [2.45, 2.75) is 25.8 Å². The van der Waals surface area contributed by atoms with Crippen LogP contribution in [0.25, 0.3) is 0 Å². The van der Waals surface area contributed by atoms with Gasteiger partial charge in [0.2, 0.25) is 10.0 Å². The highest BCUT2D eigenvalue weighted by molar-refractivity contribution is 9.10. The fraction of sp³-hybridized carbons (Fsp3) is 0.833. The van der Waals surface area contributed by atoms with Crippen LogP contribution in [0, 0.1) is 11.3 Å². The fourth-order valence-electron chi connectivity index (χ4n) is 0.665. The minimum absolute atomic E-state index is 0.123. The summed E-state index contributed by atoms with van der Waals surface area (Å²) in [6.45, 7) is 1.83. The van der Waals surface area contributed by atoms with E-state index in [0.717, 1.165) is 0 Å². The molecule has 0 fully saturated rings. The molecule has 6 heteroatoms. The van der Waals surface area contributed by atoms with E-state index in [1.54, 1.807) is 0 Å². The van der Waals surface area contributed by atoms with E-state index in [-0.39, 0.29) is 17.1 Å². The van der Waals surface area contributed by atoms with E-state index in [2.05, 4.69) is 20.7 Å². The summed E-state index contributed by atoms with van der Waals surface area (Å²) in [7, 11) is -3.24. The van der Waals surface area contributed by atoms with E-state index in [1.165, 1.54) is 0 Å². The summed E-state index contributed by atoms with van der Waals surface area (Å²) in [6.07, 6.45) is 0.836. The van der Waals surface area contributed by atoms with Gasteiger partial charge in [-0.15, -0.1) is 0 Å². The average Bonchev–Trinajstić information content (AvgIpc) is 2.03. The van der Waals surface area contributed by atoms with Gasteiger partial charge in [0.05, 0.1) is 12.5 Å². The Hall–Kier alpha value is -0.120. The lowest BCUT2D eigenvalue weighted by Crippen LogP contribution is -2.34. The highest BCUT2D eigenvalue weighted by atomic mass is 79.9. The third-order valence-corrected chi connectivity index (χ3v) is 4.11. The smallest absolute Gasteiger partial charge is 0.212 e. The molecule has 1 unspecified atom stereocenters. The van der Waals surface area contributed by atoms with Crippen LogP contribution in [0.3, 0.4) is 0 Å². The van der Waals surface area contributed by atoms with Crippen LogP contribution in [0.2, 0.25) is 0 Å². The Bertz CT molecular complexity index is 257. The molecule has 0 aromatic heterocycles. The average molecular weight is 255 g/mol. The maximum atomic E-state index is 11.0. The Morgan fingerprint density at radius 3 is 2.58 bits per heavy atom. The first kappa shape index (κ1) is 11.9. The van der Waals surface area contributed by atoms with Gasteiger partial charge in [0.25, 0.3) is 0 Å². The topological polar surface area (TPSA) is 70.0 Å². The molecule has 4 nitrogen and oxygen atoms in total. The molecule has 12 heavy (non-hydrogen) atoms. The van der Waals surface area contributed by atoms with Gasteiger partial charge in [-0.05, 0) is 6.42 Å². The third-order valence-electron chi connectivity index (χ3n) is 1.32. The number of hydrogen-bond donors (Lipinski definition) is 1. The minimum Gasteiger partial charge on any atom is -0.212 e. The molecular formula is C6H11BrN2O2S. The molecule has 0 amide bonds. The normalized spacial score (nSPS) is 13.8. The van der Waals surface area contributed by atoms with Gasteiger partial charge in [-0.25, -0.2) is 13.1 Å². The van der Waals surface area contributed by atoms with E-state index in [1.807, 2.05) is 13.0 Å². The Balaban J connectivity index is 4.13. The molecule has 0 heterocycles. The van der Waals surface area contributed by atoms with Crippen LogP contribution in [0.5, 0.6) is 0 Å². The van der Waals surface area contributed by atoms with Crippen molar-refractivity contribution < 1.29 is 8.42 Å². The summed E-state index contributed by atoms with van der Waals surface area (Å²) in [6, 6.07) is 1.66. The summed E-state index contributed by atoms with van der Waals surface area (Å²) < 4.78 is 24.2. The van der Waals surface area contributed by atoms with E-state index in [9.17, 15) is 8.42 Å². The summed E-state index contributed by atoms with van der Waals surface area (Å²) in [5, 5.41) is 8.34. The Labute approximate surface area is 81.1 Å². The van der Waals surface area contributed by atoms with Crippen LogP contribution in [-0.4, -0.2) is 19.1 Å². The Morgan fingerprint density at radius 1 is 1.67 bits per heavy atom. The predicted octanol–water partition coefficient (Wildman–Crippen LogP) is 0.950. The lowest BCUT2D eigenvalue weighted by Gasteiger charge is -2.11. The van der Waals surface area contributed by atoms with Crippen LogP contribution in [-0.2, 0) is 10.0 Å². The fourth-order valence-corrected chi connectivity index (χ4v) is 1.88. The van der Waals surface area contributed by atoms with Crippen LogP contribution >= 0.6 is 15.9 Å². The van der Waals surface area contributed by atoms with Gasteiger partial charge in [-0.2, -0.15) is 5.26 Å². The molecular weight excluding hydrogens is 244 g/mol. The number of nitrogens with zero attached hydrogens (tertiary/aromatic N) is 1. The van der Waals surface area contributed by atoms with E-state index >= 15 is 0 Å². The molecule has 0 aromatic carbocycles. The van der Waals surface area contributed by atoms with E-state index in [0.29, 0.717) is 6.42 Å². The van der Waals surface area contributed by atoms with Crippen molar-refractivity contribution >= 4 is 26.0 Å². The number of hydrogen-bond acceptors (Lipinski definition) is 3. The molecule has 1 atom stereocenters. The van der Waals surface area contributed by atoms with Crippen molar-refractivity contribution in [1.82, 2.24) is 4.72 Å². The lowest BCUT2D eigenvalue weighted by molar-refractivity contribution is 0.547. The van der Waals surface area contributed by atoms with E-state index in [4.69, 9.17) is 5.26 Å². The molecule has 0 aromatic rings. The monoisotopic (exact) mass is 254 g/mol. The quantitative estimate of drug-likeness (QED) is 0.743. The largest absolute Gasteiger partial charge is 0.221 e. The molecule has 0 aliphatic carbocycles. The molecule has 0 saturated heterocycles. The minimum atomic E-state index is -3.24. The second-order valence-electron chi connectivity index (χ2n) is 2.31. The predicted molar refractivity (Wildman–Crippen MR) is 50.2 cm³/mol. The number of halogens is 1. The van der Waals surface area contributed by atoms with Gasteiger partial charge >= 0.3 is 0 Å². The highest BCUT2D eigenvalue weighted by Gasteiger charge is 2.14. The Kier molecular flexibility index (Phi) is 5.46. The third kappa shape index (κ3) is 4.70. The number of nitriles is 1. The van der Waals surface area contributed by atoms with Gasteiger partial charge in [0.15, 0.2) is 0 Å². The zero-order valence-corrected chi connectivity index (χ0v) is 9.15. The maximum Gasteiger partial charge on any atom is 0.221 e. The molecule has 0 radical (unpaired) electrons. The first-order valence-corrected chi connectivity index (χ1v) is 6.26. The van der Waals surface area contributed by atoms with Crippen LogP contribution in [0.4, 0.5) is 0 Å². The standard InChI is InChI=1S/C6H11BrN2O2S/c1-2-6(3-4-8)9-12(10,11)5-7/h6,9H,2-3,5H2,1H3. The maximum absolute atomic E-state index is 11.0. The summed E-state index contributed by atoms with van der Waals surface area (Å²) in [4.78, 5) is 0. The van der Waals surface area contributed by atoms with Gasteiger partial charge in [0.1, 0.15) is 4.66 Å². The SMILES string of the molecule is CCC(CC#N)NS(=O)(=O)CBr. The van der Waals surface area contributed by atoms with Gasteiger partial charge in [-0.1, -0.05) is 22.9 Å². The van der Waals surface area contributed by atoms with Gasteiger partial charge < -0.3 is 0 Å². The second kappa shape index (κ2) is 5.51. The molecule has 0 aliphatic rings. The molecule has 0 aliphatic heterocycles. The number of rotatable bonds is 5. The van der Waals surface area contributed by atoms with Crippen molar-refractivity contribution in [3.63, 3.8) is 0 Å². The zero-order valence-electron chi connectivity index (χ0n) is 6.75. The van der Waals surface area contributed by atoms with Crippen molar-refractivity contribution in [3.05, 3.63) is 0 Å². The Morgan fingerprint density at radius 2 is 2.25 bits per heavy atom. The van der Waals surface area contributed by atoms with Crippen molar-refractivity contribution in [2.75, 3.05) is 4.66 Å². The molecule has 0 saturated carbocycles. The number of sulfonamides is 1. The summed E-state index contributed by atoms with van der Waals surface area (Å²) in [5.74, 6) is 0. The first-order valence-electron chi connectivity index (χ1n) is 3.48. The molecule has 0 spiro atoms. The van der Waals surface area contributed by atoms with Gasteiger partial charge in [-0.3, -0.25) is 0 Å². The molecule has 1 N–H and O–H groups in total. The summed E-state index contributed by atoms with van der Waals surface area (Å²) in [5.41, 5.74) is 0. The number of nitrogens with one attached hydrogen (secondary N) is 1. The summed E-state index contributed by atoms with van der Waals surface area (Å²) >= 11 is 2.85. The van der Waals surface area contributed by atoms with Crippen molar-refractivity contribution in [1.29, 1.82) is 5.26 Å².